The third kappa shape index (κ3) is 5.43. The molecule has 1 heterocycles. The van der Waals surface area contributed by atoms with Crippen LogP contribution < -0.4 is 10.2 Å². The van der Waals surface area contributed by atoms with Gasteiger partial charge < -0.3 is 10.2 Å². The molecule has 0 atom stereocenters. The minimum atomic E-state index is -0.0673. The van der Waals surface area contributed by atoms with Crippen LogP contribution in [-0.4, -0.2) is 30.8 Å². The van der Waals surface area contributed by atoms with Gasteiger partial charge in [-0.2, -0.15) is 5.26 Å². The fourth-order valence-corrected chi connectivity index (χ4v) is 3.60. The molecule has 5 nitrogen and oxygen atoms in total. The number of hydrogen-bond donors (Lipinski definition) is 1. The van der Waals surface area contributed by atoms with Gasteiger partial charge in [-0.1, -0.05) is 28.1 Å². The summed E-state index contributed by atoms with van der Waals surface area (Å²) in [5.74, 6) is -0.0828. The summed E-state index contributed by atoms with van der Waals surface area (Å²) in [4.78, 5) is 26.6. The number of nitrogens with zero attached hydrogens (tertiary/aromatic N) is 2. The molecule has 2 aromatic carbocycles. The molecule has 0 bridgehead atoms. The first-order chi connectivity index (χ1) is 13.5. The summed E-state index contributed by atoms with van der Waals surface area (Å²) >= 11 is 3.35. The molecule has 0 saturated carbocycles. The van der Waals surface area contributed by atoms with E-state index in [-0.39, 0.29) is 30.6 Å². The Hall–Kier alpha value is -2.65. The van der Waals surface area contributed by atoms with Crippen molar-refractivity contribution in [2.75, 3.05) is 18.0 Å². The lowest BCUT2D eigenvalue weighted by molar-refractivity contribution is -0.121. The minimum absolute atomic E-state index is 0.0155. The van der Waals surface area contributed by atoms with E-state index < -0.39 is 0 Å². The molecule has 2 aromatic rings. The van der Waals surface area contributed by atoms with Gasteiger partial charge in [-0.3, -0.25) is 9.59 Å². The van der Waals surface area contributed by atoms with Crippen LogP contribution in [0.1, 0.15) is 41.6 Å². The van der Waals surface area contributed by atoms with Crippen molar-refractivity contribution in [1.82, 2.24) is 5.32 Å². The zero-order chi connectivity index (χ0) is 19.9. The third-order valence-electron chi connectivity index (χ3n) is 4.97. The summed E-state index contributed by atoms with van der Waals surface area (Å²) in [5.41, 5.74) is 2.39. The molecule has 0 aliphatic carbocycles. The van der Waals surface area contributed by atoms with Gasteiger partial charge >= 0.3 is 0 Å². The van der Waals surface area contributed by atoms with Gasteiger partial charge in [0, 0.05) is 47.7 Å². The first kappa shape index (κ1) is 20.1. The summed E-state index contributed by atoms with van der Waals surface area (Å²) in [6.07, 6.45) is 2.17. The number of benzene rings is 2. The molecule has 6 heteroatoms. The van der Waals surface area contributed by atoms with Crippen LogP contribution in [0.15, 0.2) is 53.0 Å². The number of hydrogen-bond acceptors (Lipinski definition) is 4. The third-order valence-corrected chi connectivity index (χ3v) is 5.50. The Bertz CT molecular complexity index is 864. The first-order valence-corrected chi connectivity index (χ1v) is 10.2. The lowest BCUT2D eigenvalue weighted by Gasteiger charge is -2.34. The molecule has 0 aromatic heterocycles. The molecule has 0 unspecified atom stereocenters. The van der Waals surface area contributed by atoms with Gasteiger partial charge in [0.2, 0.25) is 5.91 Å². The number of anilines is 1. The maximum absolute atomic E-state index is 12.2. The highest BCUT2D eigenvalue weighted by molar-refractivity contribution is 9.10. The zero-order valence-corrected chi connectivity index (χ0v) is 17.1. The minimum Gasteiger partial charge on any atom is -0.371 e. The Morgan fingerprint density at radius 3 is 2.29 bits per heavy atom. The van der Waals surface area contributed by atoms with E-state index in [1.807, 2.05) is 36.4 Å². The van der Waals surface area contributed by atoms with Crippen molar-refractivity contribution >= 4 is 33.3 Å². The summed E-state index contributed by atoms with van der Waals surface area (Å²) in [7, 11) is 0. The summed E-state index contributed by atoms with van der Waals surface area (Å²) in [6.45, 7) is 1.71. The second-order valence-electron chi connectivity index (χ2n) is 6.92. The van der Waals surface area contributed by atoms with Gasteiger partial charge in [0.05, 0.1) is 11.6 Å². The normalized spacial score (nSPS) is 14.4. The van der Waals surface area contributed by atoms with Crippen LogP contribution in [0.4, 0.5) is 5.69 Å². The standard InChI is InChI=1S/C22H22BrN3O2/c23-18-5-3-17(4-6-18)21(27)9-10-22(28)25-19-11-13-26(14-12-19)20-7-1-16(15-24)2-8-20/h1-8,19H,9-14H2,(H,25,28). The molecule has 3 rings (SSSR count). The van der Waals surface area contributed by atoms with Crippen molar-refractivity contribution in [3.8, 4) is 6.07 Å². The van der Waals surface area contributed by atoms with Crippen molar-refractivity contribution in [3.05, 3.63) is 64.1 Å². The number of piperidine rings is 1. The maximum Gasteiger partial charge on any atom is 0.220 e. The second-order valence-corrected chi connectivity index (χ2v) is 7.83. The number of nitrogens with one attached hydrogen (secondary N) is 1. The Morgan fingerprint density at radius 2 is 1.68 bits per heavy atom. The summed E-state index contributed by atoms with van der Waals surface area (Å²) < 4.78 is 0.925. The van der Waals surface area contributed by atoms with Gasteiger partial charge in [0.25, 0.3) is 0 Å². The second kappa shape index (κ2) is 9.52. The lowest BCUT2D eigenvalue weighted by Crippen LogP contribution is -2.44. The highest BCUT2D eigenvalue weighted by atomic mass is 79.9. The largest absolute Gasteiger partial charge is 0.371 e. The molecule has 1 amide bonds. The number of carbonyl (C=O) groups is 2. The average Bonchev–Trinajstić information content (AvgIpc) is 2.73. The first-order valence-electron chi connectivity index (χ1n) is 9.38. The fraction of sp³-hybridized carbons (Fsp3) is 0.318. The summed E-state index contributed by atoms with van der Waals surface area (Å²) in [6, 6.07) is 17.0. The topological polar surface area (TPSA) is 73.2 Å². The van der Waals surface area contributed by atoms with E-state index in [1.54, 1.807) is 12.1 Å². The van der Waals surface area contributed by atoms with Crippen LogP contribution >= 0.6 is 15.9 Å². The monoisotopic (exact) mass is 439 g/mol. The highest BCUT2D eigenvalue weighted by Crippen LogP contribution is 2.20. The quantitative estimate of drug-likeness (QED) is 0.688. The smallest absolute Gasteiger partial charge is 0.220 e. The van der Waals surface area contributed by atoms with E-state index >= 15 is 0 Å². The van der Waals surface area contributed by atoms with Gasteiger partial charge in [0.1, 0.15) is 0 Å². The van der Waals surface area contributed by atoms with Gasteiger partial charge in [-0.05, 0) is 49.2 Å². The average molecular weight is 440 g/mol. The Morgan fingerprint density at radius 1 is 1.04 bits per heavy atom. The Kier molecular flexibility index (Phi) is 6.83. The molecule has 1 saturated heterocycles. The van der Waals surface area contributed by atoms with Crippen LogP contribution in [0.3, 0.4) is 0 Å². The van der Waals surface area contributed by atoms with E-state index in [0.29, 0.717) is 11.1 Å². The van der Waals surface area contributed by atoms with Gasteiger partial charge in [0.15, 0.2) is 5.78 Å². The molecular formula is C22H22BrN3O2. The van der Waals surface area contributed by atoms with E-state index in [9.17, 15) is 9.59 Å². The molecule has 0 radical (unpaired) electrons. The lowest BCUT2D eigenvalue weighted by atomic mass is 10.0. The zero-order valence-electron chi connectivity index (χ0n) is 15.5. The molecular weight excluding hydrogens is 418 g/mol. The van der Waals surface area contributed by atoms with Crippen molar-refractivity contribution in [1.29, 1.82) is 5.26 Å². The predicted octanol–water partition coefficient (Wildman–Crippen LogP) is 4.07. The van der Waals surface area contributed by atoms with Crippen molar-refractivity contribution in [2.24, 2.45) is 0 Å². The number of nitriles is 1. The number of Topliss-reactive ketones (excluding diaryl/α,β-unsaturated/α-hetero) is 1. The van der Waals surface area contributed by atoms with Crippen LogP contribution in [0.5, 0.6) is 0 Å². The SMILES string of the molecule is N#Cc1ccc(N2CCC(NC(=O)CCC(=O)c3ccc(Br)cc3)CC2)cc1. The summed E-state index contributed by atoms with van der Waals surface area (Å²) in [5, 5.41) is 11.9. The van der Waals surface area contributed by atoms with E-state index in [1.165, 1.54) is 0 Å². The molecule has 1 aliphatic heterocycles. The van der Waals surface area contributed by atoms with E-state index in [0.717, 1.165) is 36.1 Å². The van der Waals surface area contributed by atoms with E-state index in [4.69, 9.17) is 5.26 Å². The van der Waals surface area contributed by atoms with Gasteiger partial charge in [-0.15, -0.1) is 0 Å². The predicted molar refractivity (Wildman–Crippen MR) is 112 cm³/mol. The van der Waals surface area contributed by atoms with Gasteiger partial charge in [-0.25, -0.2) is 0 Å². The maximum atomic E-state index is 12.2. The van der Waals surface area contributed by atoms with E-state index in [2.05, 4.69) is 32.2 Å². The molecule has 1 fully saturated rings. The van der Waals surface area contributed by atoms with Crippen LogP contribution in [0.2, 0.25) is 0 Å². The molecule has 144 valence electrons. The van der Waals surface area contributed by atoms with Crippen molar-refractivity contribution in [2.45, 2.75) is 31.7 Å². The van der Waals surface area contributed by atoms with Crippen LogP contribution in [0, 0.1) is 11.3 Å². The van der Waals surface area contributed by atoms with Crippen molar-refractivity contribution in [3.63, 3.8) is 0 Å². The molecule has 1 N–H and O–H groups in total. The number of rotatable bonds is 6. The molecule has 28 heavy (non-hydrogen) atoms. The number of halogens is 1. The Labute approximate surface area is 173 Å². The number of carbonyl (C=O) groups excluding carboxylic acids is 2. The fourth-order valence-electron chi connectivity index (χ4n) is 3.34. The number of ketones is 1. The molecule has 0 spiro atoms. The van der Waals surface area contributed by atoms with Crippen LogP contribution in [-0.2, 0) is 4.79 Å². The molecule has 1 aliphatic rings. The Balaban J connectivity index is 1.41. The number of amides is 1. The van der Waals surface area contributed by atoms with Crippen LogP contribution in [0.25, 0.3) is 0 Å². The van der Waals surface area contributed by atoms with Crippen molar-refractivity contribution < 1.29 is 9.59 Å². The highest BCUT2D eigenvalue weighted by Gasteiger charge is 2.21.